The molecule has 2 bridgehead atoms. The molecule has 0 aromatic rings. The van der Waals surface area contributed by atoms with Gasteiger partial charge in [-0.25, -0.2) is 0 Å². The summed E-state index contributed by atoms with van der Waals surface area (Å²) in [5.41, 5.74) is 0. The lowest BCUT2D eigenvalue weighted by molar-refractivity contribution is -0.942. The predicted octanol–water partition coefficient (Wildman–Crippen LogP) is 2.15. The summed E-state index contributed by atoms with van der Waals surface area (Å²) < 4.78 is 1.51. The van der Waals surface area contributed by atoms with Crippen molar-refractivity contribution in [3.8, 4) is 0 Å². The van der Waals surface area contributed by atoms with Crippen molar-refractivity contribution in [1.29, 1.82) is 0 Å². The Morgan fingerprint density at radius 3 is 1.65 bits per heavy atom. The van der Waals surface area contributed by atoms with Crippen molar-refractivity contribution in [2.24, 2.45) is 5.92 Å². The summed E-state index contributed by atoms with van der Waals surface area (Å²) >= 11 is 0. The minimum absolute atomic E-state index is 0. The maximum Gasteiger partial charge on any atom is 0.0789 e. The summed E-state index contributed by atoms with van der Waals surface area (Å²) in [6.07, 6.45) is 17.9. The molecule has 2 heteroatoms. The molecule has 0 spiro atoms. The van der Waals surface area contributed by atoms with Crippen molar-refractivity contribution >= 4 is 0 Å². The summed E-state index contributed by atoms with van der Waals surface area (Å²) in [5.74, 6) is 1.11. The van der Waals surface area contributed by atoms with Gasteiger partial charge >= 0.3 is 0 Å². The van der Waals surface area contributed by atoms with Gasteiger partial charge in [0, 0.05) is 0 Å². The zero-order valence-electron chi connectivity index (χ0n) is 13.7. The predicted molar refractivity (Wildman–Crippen MR) is 84.3 cm³/mol. The topological polar surface area (TPSA) is 0 Å². The van der Waals surface area contributed by atoms with Gasteiger partial charge < -0.3 is 16.9 Å². The van der Waals surface area contributed by atoms with Crippen LogP contribution in [0.5, 0.6) is 0 Å². The van der Waals surface area contributed by atoms with Crippen LogP contribution < -0.4 is 12.4 Å². The van der Waals surface area contributed by atoms with Gasteiger partial charge in [0.15, 0.2) is 0 Å². The number of quaternary nitrogens is 1. The van der Waals surface area contributed by atoms with Crippen LogP contribution in [0.25, 0.3) is 0 Å². The van der Waals surface area contributed by atoms with E-state index in [4.69, 9.17) is 0 Å². The molecule has 120 valence electrons. The average molecular weight is 302 g/mol. The van der Waals surface area contributed by atoms with E-state index in [9.17, 15) is 0 Å². The van der Waals surface area contributed by atoms with Crippen LogP contribution in [0.15, 0.2) is 0 Å². The molecular formula is C18H36ClN. The van der Waals surface area contributed by atoms with Crippen molar-refractivity contribution in [1.82, 2.24) is 0 Å². The Bertz CT molecular complexity index is 220. The van der Waals surface area contributed by atoms with Crippen LogP contribution in [0.3, 0.4) is 0 Å². The number of piperidine rings is 3. The fourth-order valence-electron chi connectivity index (χ4n) is 4.23. The Labute approximate surface area is 133 Å². The third-order valence-electron chi connectivity index (χ3n) is 5.77. The van der Waals surface area contributed by atoms with Gasteiger partial charge in [-0.1, -0.05) is 51.9 Å². The second-order valence-electron chi connectivity index (χ2n) is 7.30. The quantitative estimate of drug-likeness (QED) is 0.428. The largest absolute Gasteiger partial charge is 1.00 e. The number of hydrogen-bond acceptors (Lipinski definition) is 0. The van der Waals surface area contributed by atoms with Crippen molar-refractivity contribution in [3.05, 3.63) is 0 Å². The first kappa shape index (κ1) is 18.3. The number of fused-ring (bicyclic) bond motifs is 3. The van der Waals surface area contributed by atoms with Crippen molar-refractivity contribution in [2.45, 2.75) is 84.0 Å². The van der Waals surface area contributed by atoms with Crippen LogP contribution in [0.1, 0.15) is 84.0 Å². The van der Waals surface area contributed by atoms with Crippen molar-refractivity contribution in [3.63, 3.8) is 0 Å². The van der Waals surface area contributed by atoms with E-state index in [1.165, 1.54) is 108 Å². The highest BCUT2D eigenvalue weighted by Crippen LogP contribution is 2.33. The summed E-state index contributed by atoms with van der Waals surface area (Å²) in [6.45, 7) is 8.35. The molecule has 3 rings (SSSR count). The molecule has 3 fully saturated rings. The van der Waals surface area contributed by atoms with E-state index in [0.717, 1.165) is 5.92 Å². The Kier molecular flexibility index (Phi) is 9.20. The molecule has 0 saturated carbocycles. The van der Waals surface area contributed by atoms with Crippen molar-refractivity contribution < 1.29 is 16.9 Å². The Morgan fingerprint density at radius 1 is 0.700 bits per heavy atom. The Hall–Kier alpha value is 0.250. The first-order chi connectivity index (χ1) is 9.35. The fourth-order valence-corrected chi connectivity index (χ4v) is 4.23. The van der Waals surface area contributed by atoms with Crippen LogP contribution in [0, 0.1) is 5.92 Å². The molecule has 0 atom stereocenters. The monoisotopic (exact) mass is 301 g/mol. The third-order valence-corrected chi connectivity index (χ3v) is 5.77. The van der Waals surface area contributed by atoms with E-state index in [0.29, 0.717) is 0 Å². The van der Waals surface area contributed by atoms with Gasteiger partial charge in [-0.3, -0.25) is 0 Å². The highest BCUT2D eigenvalue weighted by atomic mass is 35.5. The third kappa shape index (κ3) is 5.93. The molecular weight excluding hydrogens is 266 g/mol. The van der Waals surface area contributed by atoms with Crippen LogP contribution in [-0.4, -0.2) is 30.7 Å². The smallest absolute Gasteiger partial charge is 0.0789 e. The number of hydrogen-bond donors (Lipinski definition) is 0. The molecule has 0 aromatic carbocycles. The summed E-state index contributed by atoms with van der Waals surface area (Å²) in [6, 6.07) is 0. The molecule has 0 radical (unpaired) electrons. The van der Waals surface area contributed by atoms with E-state index >= 15 is 0 Å². The maximum absolute atomic E-state index is 2.30. The standard InChI is InChI=1S/C18H36N.ClH/c1-2-3-4-5-6-7-8-9-10-14-19-15-11-18(12-16-19)13-17-19;/h18H,2-17H2,1H3;1H/q+1;/p-1. The number of rotatable bonds is 10. The van der Waals surface area contributed by atoms with Crippen LogP contribution in [0.4, 0.5) is 0 Å². The molecule has 3 aliphatic rings. The van der Waals surface area contributed by atoms with Crippen LogP contribution >= 0.6 is 0 Å². The lowest BCUT2D eigenvalue weighted by Gasteiger charge is -2.49. The maximum atomic E-state index is 2.30. The molecule has 3 aliphatic heterocycles. The number of halogens is 1. The first-order valence-corrected chi connectivity index (χ1v) is 9.20. The highest BCUT2D eigenvalue weighted by molar-refractivity contribution is 4.71. The van der Waals surface area contributed by atoms with Gasteiger partial charge in [0.2, 0.25) is 0 Å². The molecule has 0 unspecified atom stereocenters. The van der Waals surface area contributed by atoms with Crippen LogP contribution in [0.2, 0.25) is 0 Å². The molecule has 3 heterocycles. The second-order valence-corrected chi connectivity index (χ2v) is 7.30. The second kappa shape index (κ2) is 10.1. The molecule has 3 saturated heterocycles. The zero-order chi connectivity index (χ0) is 13.4. The molecule has 0 N–H and O–H groups in total. The number of nitrogens with zero attached hydrogens (tertiary/aromatic N) is 1. The number of unbranched alkanes of at least 4 members (excludes halogenated alkanes) is 8. The minimum Gasteiger partial charge on any atom is -1.00 e. The SMILES string of the molecule is CCCCCCCCCCC[N+]12CCC(CC1)CC2.[Cl-]. The van der Waals surface area contributed by atoms with Crippen LogP contribution in [-0.2, 0) is 0 Å². The molecule has 0 aliphatic carbocycles. The van der Waals surface area contributed by atoms with Gasteiger partial charge in [-0.2, -0.15) is 0 Å². The lowest BCUT2D eigenvalue weighted by atomic mass is 9.85. The molecule has 0 amide bonds. The van der Waals surface area contributed by atoms with E-state index in [1.807, 2.05) is 0 Å². The van der Waals surface area contributed by atoms with E-state index in [1.54, 1.807) is 0 Å². The normalized spacial score (nSPS) is 28.4. The van der Waals surface area contributed by atoms with Gasteiger partial charge in [0.25, 0.3) is 0 Å². The van der Waals surface area contributed by atoms with E-state index in [-0.39, 0.29) is 12.4 Å². The summed E-state index contributed by atoms with van der Waals surface area (Å²) in [4.78, 5) is 0. The fraction of sp³-hybridized carbons (Fsp3) is 1.00. The van der Waals surface area contributed by atoms with Gasteiger partial charge in [-0.05, 0) is 38.0 Å². The molecule has 1 nitrogen and oxygen atoms in total. The average Bonchev–Trinajstić information content (AvgIpc) is 2.47. The zero-order valence-corrected chi connectivity index (χ0v) is 14.5. The van der Waals surface area contributed by atoms with Gasteiger partial charge in [-0.15, -0.1) is 0 Å². The van der Waals surface area contributed by atoms with Gasteiger partial charge in [0.1, 0.15) is 0 Å². The summed E-state index contributed by atoms with van der Waals surface area (Å²) in [7, 11) is 0. The minimum atomic E-state index is 0. The summed E-state index contributed by atoms with van der Waals surface area (Å²) in [5, 5.41) is 0. The Morgan fingerprint density at radius 2 is 1.15 bits per heavy atom. The Balaban J connectivity index is 0.00000200. The van der Waals surface area contributed by atoms with E-state index < -0.39 is 0 Å². The van der Waals surface area contributed by atoms with Crippen molar-refractivity contribution in [2.75, 3.05) is 26.2 Å². The van der Waals surface area contributed by atoms with Gasteiger partial charge in [0.05, 0.1) is 26.2 Å². The molecule has 20 heavy (non-hydrogen) atoms. The van der Waals surface area contributed by atoms with E-state index in [2.05, 4.69) is 6.92 Å². The highest BCUT2D eigenvalue weighted by Gasteiger charge is 2.38. The first-order valence-electron chi connectivity index (χ1n) is 9.20. The molecule has 0 aromatic heterocycles. The lowest BCUT2D eigenvalue weighted by Crippen LogP contribution is -3.00.